The predicted molar refractivity (Wildman–Crippen MR) is 68.9 cm³/mol. The van der Waals surface area contributed by atoms with Crippen LogP contribution in [0.25, 0.3) is 11.1 Å². The first-order chi connectivity index (χ1) is 9.51. The zero-order valence-electron chi connectivity index (χ0n) is 10.1. The fourth-order valence-corrected chi connectivity index (χ4v) is 1.52. The lowest BCUT2D eigenvalue weighted by Crippen LogP contribution is -2.03. The van der Waals surface area contributed by atoms with Crippen molar-refractivity contribution in [3.8, 4) is 12.1 Å². The molecule has 0 fully saturated rings. The Hall–Kier alpha value is -3.38. The average Bonchev–Trinajstić information content (AvgIpc) is 2.41. The molecule has 0 spiro atoms. The molecule has 0 amide bonds. The molecule has 0 bridgehead atoms. The van der Waals surface area contributed by atoms with Crippen LogP contribution in [0, 0.1) is 22.7 Å². The largest absolute Gasteiger partial charge is 0.478 e. The normalized spacial score (nSPS) is 11.3. The fourth-order valence-electron chi connectivity index (χ4n) is 1.52. The first-order valence-corrected chi connectivity index (χ1v) is 5.28. The first kappa shape index (κ1) is 14.7. The van der Waals surface area contributed by atoms with E-state index < -0.39 is 11.9 Å². The van der Waals surface area contributed by atoms with Crippen molar-refractivity contribution in [3.63, 3.8) is 0 Å². The van der Waals surface area contributed by atoms with Crippen molar-refractivity contribution in [2.45, 2.75) is 0 Å². The van der Waals surface area contributed by atoms with Crippen molar-refractivity contribution >= 4 is 23.1 Å². The molecule has 0 heterocycles. The Bertz CT molecular complexity index is 645. The van der Waals surface area contributed by atoms with Gasteiger partial charge in [-0.15, -0.1) is 0 Å². The summed E-state index contributed by atoms with van der Waals surface area (Å²) in [6, 6.07) is 8.86. The third kappa shape index (κ3) is 3.31. The van der Waals surface area contributed by atoms with Gasteiger partial charge in [-0.3, -0.25) is 0 Å². The maximum atomic E-state index is 11.0. The number of allylic oxidation sites excluding steroid dienone is 2. The van der Waals surface area contributed by atoms with Gasteiger partial charge < -0.3 is 10.2 Å². The molecule has 0 aromatic heterocycles. The fraction of sp³-hybridized carbons (Fsp3) is 0. The van der Waals surface area contributed by atoms with Crippen molar-refractivity contribution < 1.29 is 19.8 Å². The number of carboxylic acids is 2. The minimum absolute atomic E-state index is 0.182. The molecule has 0 atom stereocenters. The average molecular weight is 268 g/mol. The minimum Gasteiger partial charge on any atom is -0.478 e. The van der Waals surface area contributed by atoms with Gasteiger partial charge in [-0.25, -0.2) is 9.59 Å². The van der Waals surface area contributed by atoms with Crippen LogP contribution in [0.15, 0.2) is 36.4 Å². The molecule has 1 aromatic rings. The monoisotopic (exact) mass is 268 g/mol. The summed E-state index contributed by atoms with van der Waals surface area (Å²) in [4.78, 5) is 22.1. The quantitative estimate of drug-likeness (QED) is 0.632. The summed E-state index contributed by atoms with van der Waals surface area (Å²) in [5.41, 5.74) is -0.143. The van der Waals surface area contributed by atoms with Crippen LogP contribution in [0.3, 0.4) is 0 Å². The van der Waals surface area contributed by atoms with Gasteiger partial charge in [0.2, 0.25) is 0 Å². The predicted octanol–water partition coefficient (Wildman–Crippen LogP) is 1.67. The highest BCUT2D eigenvalue weighted by Gasteiger charge is 2.14. The Labute approximate surface area is 114 Å². The van der Waals surface area contributed by atoms with Crippen LogP contribution < -0.4 is 0 Å². The summed E-state index contributed by atoms with van der Waals surface area (Å²) in [7, 11) is 0. The van der Waals surface area contributed by atoms with Crippen LogP contribution in [0.5, 0.6) is 0 Å². The number of aliphatic carboxylic acids is 2. The number of benzene rings is 1. The summed E-state index contributed by atoms with van der Waals surface area (Å²) < 4.78 is 0. The van der Waals surface area contributed by atoms with Crippen molar-refractivity contribution in [2.24, 2.45) is 0 Å². The Morgan fingerprint density at radius 2 is 1.35 bits per heavy atom. The summed E-state index contributed by atoms with van der Waals surface area (Å²) >= 11 is 0. The van der Waals surface area contributed by atoms with E-state index in [1.807, 2.05) is 0 Å². The lowest BCUT2D eigenvalue weighted by atomic mass is 9.99. The van der Waals surface area contributed by atoms with Gasteiger partial charge in [0.15, 0.2) is 0 Å². The number of carbonyl (C=O) groups is 2. The Kier molecular flexibility index (Phi) is 4.79. The molecule has 6 heteroatoms. The number of hydrogen-bond acceptors (Lipinski definition) is 4. The molecule has 1 rings (SSSR count). The number of hydrogen-bond donors (Lipinski definition) is 2. The lowest BCUT2D eigenvalue weighted by molar-refractivity contribution is -0.131. The van der Waals surface area contributed by atoms with E-state index >= 15 is 0 Å². The molecule has 6 nitrogen and oxygen atoms in total. The maximum Gasteiger partial charge on any atom is 0.337 e. The molecule has 20 heavy (non-hydrogen) atoms. The van der Waals surface area contributed by atoms with Crippen LogP contribution >= 0.6 is 0 Å². The standard InChI is InChI=1S/C14H8N2O4/c15-6-4-11(13(17)18)9-2-1-3-10(8-9)12(5-7-16)14(19)20/h1-5,8H,(H,17,18)(H,19,20). The van der Waals surface area contributed by atoms with Crippen molar-refractivity contribution in [3.05, 3.63) is 47.5 Å². The highest BCUT2D eigenvalue weighted by Crippen LogP contribution is 2.21. The van der Waals surface area contributed by atoms with E-state index in [4.69, 9.17) is 20.7 Å². The maximum absolute atomic E-state index is 11.0. The second kappa shape index (κ2) is 6.53. The second-order valence-electron chi connectivity index (χ2n) is 3.57. The smallest absolute Gasteiger partial charge is 0.337 e. The van der Waals surface area contributed by atoms with Crippen LogP contribution in [-0.2, 0) is 9.59 Å². The topological polar surface area (TPSA) is 122 Å². The molecular formula is C14H8N2O4. The summed E-state index contributed by atoms with van der Waals surface area (Å²) in [5, 5.41) is 35.1. The van der Waals surface area contributed by atoms with Crippen molar-refractivity contribution in [2.75, 3.05) is 0 Å². The van der Waals surface area contributed by atoms with Gasteiger partial charge in [-0.1, -0.05) is 18.2 Å². The van der Waals surface area contributed by atoms with Gasteiger partial charge in [-0.05, 0) is 17.2 Å². The second-order valence-corrected chi connectivity index (χ2v) is 3.57. The molecular weight excluding hydrogens is 260 g/mol. The molecule has 0 unspecified atom stereocenters. The molecule has 0 saturated heterocycles. The van der Waals surface area contributed by atoms with Crippen LogP contribution in [0.2, 0.25) is 0 Å². The zero-order chi connectivity index (χ0) is 15.1. The number of nitriles is 2. The van der Waals surface area contributed by atoms with E-state index in [0.29, 0.717) is 0 Å². The van der Waals surface area contributed by atoms with Crippen LogP contribution in [0.1, 0.15) is 11.1 Å². The van der Waals surface area contributed by atoms with Gasteiger partial charge in [-0.2, -0.15) is 10.5 Å². The van der Waals surface area contributed by atoms with E-state index in [1.54, 1.807) is 12.1 Å². The Balaban J connectivity index is 3.41. The lowest BCUT2D eigenvalue weighted by Gasteiger charge is -2.05. The minimum atomic E-state index is -1.30. The summed E-state index contributed by atoms with van der Waals surface area (Å²) in [6.07, 6.45) is 1.71. The van der Waals surface area contributed by atoms with E-state index in [9.17, 15) is 9.59 Å². The number of nitrogens with zero attached hydrogens (tertiary/aromatic N) is 2. The van der Waals surface area contributed by atoms with Gasteiger partial charge >= 0.3 is 11.9 Å². The highest BCUT2D eigenvalue weighted by molar-refractivity contribution is 6.18. The molecule has 0 saturated carbocycles. The molecule has 0 radical (unpaired) electrons. The van der Waals surface area contributed by atoms with E-state index in [2.05, 4.69) is 0 Å². The summed E-state index contributed by atoms with van der Waals surface area (Å²) in [5.74, 6) is -2.60. The third-order valence-corrected chi connectivity index (χ3v) is 2.36. The number of rotatable bonds is 4. The van der Waals surface area contributed by atoms with E-state index in [1.165, 1.54) is 24.3 Å². The molecule has 0 aliphatic rings. The van der Waals surface area contributed by atoms with E-state index in [-0.39, 0.29) is 22.3 Å². The zero-order valence-corrected chi connectivity index (χ0v) is 10.1. The van der Waals surface area contributed by atoms with Gasteiger partial charge in [0, 0.05) is 12.2 Å². The van der Waals surface area contributed by atoms with Gasteiger partial charge in [0.1, 0.15) is 0 Å². The molecule has 98 valence electrons. The van der Waals surface area contributed by atoms with E-state index in [0.717, 1.165) is 12.2 Å². The van der Waals surface area contributed by atoms with Gasteiger partial charge in [0.05, 0.1) is 23.3 Å². The van der Waals surface area contributed by atoms with Crippen molar-refractivity contribution in [1.82, 2.24) is 0 Å². The first-order valence-electron chi connectivity index (χ1n) is 5.28. The van der Waals surface area contributed by atoms with Crippen LogP contribution in [-0.4, -0.2) is 22.2 Å². The summed E-state index contributed by atoms with van der Waals surface area (Å²) in [6.45, 7) is 0. The van der Waals surface area contributed by atoms with Crippen molar-refractivity contribution in [1.29, 1.82) is 10.5 Å². The SMILES string of the molecule is N#CC=C(C(=O)O)c1cccc(C(=CC#N)C(=O)O)c1. The third-order valence-electron chi connectivity index (χ3n) is 2.36. The Morgan fingerprint density at radius 1 is 0.950 bits per heavy atom. The Morgan fingerprint density at radius 3 is 1.65 bits per heavy atom. The number of carboxylic acid groups (broad SMARTS) is 2. The molecule has 2 N–H and O–H groups in total. The highest BCUT2D eigenvalue weighted by atomic mass is 16.4. The van der Waals surface area contributed by atoms with Crippen LogP contribution in [0.4, 0.5) is 0 Å². The molecule has 0 aliphatic carbocycles. The molecule has 1 aromatic carbocycles. The van der Waals surface area contributed by atoms with Gasteiger partial charge in [0.25, 0.3) is 0 Å². The molecule has 0 aliphatic heterocycles.